The first-order valence-corrected chi connectivity index (χ1v) is 3.70. The Hall–Kier alpha value is -0.930. The van der Waals surface area contributed by atoms with Gasteiger partial charge in [-0.1, -0.05) is 12.1 Å². The largest absolute Gasteiger partial charge is 0.393 e. The highest BCUT2D eigenvalue weighted by Gasteiger charge is 2.07. The van der Waals surface area contributed by atoms with Crippen molar-refractivity contribution in [2.45, 2.75) is 13.0 Å². The standard InChI is InChI=1S/C9H11FO2/c1-6-2-3-7(4-8(6)10)9(12)5-11/h2-4,9,11-12H,5H2,1H3. The van der Waals surface area contributed by atoms with E-state index in [9.17, 15) is 4.39 Å². The number of aliphatic hydroxyl groups excluding tert-OH is 2. The molecule has 2 N–H and O–H groups in total. The van der Waals surface area contributed by atoms with Gasteiger partial charge in [-0.2, -0.15) is 0 Å². The Kier molecular flexibility index (Phi) is 2.78. The van der Waals surface area contributed by atoms with Crippen molar-refractivity contribution < 1.29 is 14.6 Å². The van der Waals surface area contributed by atoms with Crippen LogP contribution >= 0.6 is 0 Å². The number of hydrogen-bond donors (Lipinski definition) is 2. The molecule has 12 heavy (non-hydrogen) atoms. The first-order chi connectivity index (χ1) is 5.65. The molecule has 1 atom stereocenters. The van der Waals surface area contributed by atoms with Gasteiger partial charge in [-0.15, -0.1) is 0 Å². The second-order valence-electron chi connectivity index (χ2n) is 2.71. The third-order valence-corrected chi connectivity index (χ3v) is 1.75. The maximum atomic E-state index is 12.9. The molecule has 0 bridgehead atoms. The molecule has 0 heterocycles. The zero-order chi connectivity index (χ0) is 9.14. The quantitative estimate of drug-likeness (QED) is 0.699. The van der Waals surface area contributed by atoms with Crippen LogP contribution in [0.3, 0.4) is 0 Å². The summed E-state index contributed by atoms with van der Waals surface area (Å²) in [6, 6.07) is 4.40. The van der Waals surface area contributed by atoms with Gasteiger partial charge in [0.2, 0.25) is 0 Å². The second-order valence-corrected chi connectivity index (χ2v) is 2.71. The Balaban J connectivity index is 2.96. The fraction of sp³-hybridized carbons (Fsp3) is 0.333. The molecule has 1 aromatic rings. The zero-order valence-corrected chi connectivity index (χ0v) is 6.79. The number of rotatable bonds is 2. The van der Waals surface area contributed by atoms with E-state index in [-0.39, 0.29) is 12.4 Å². The minimum Gasteiger partial charge on any atom is -0.393 e. The highest BCUT2D eigenvalue weighted by molar-refractivity contribution is 5.24. The van der Waals surface area contributed by atoms with E-state index in [0.29, 0.717) is 11.1 Å². The molecule has 0 aliphatic carbocycles. The Bertz CT molecular complexity index is 273. The maximum absolute atomic E-state index is 12.9. The number of aryl methyl sites for hydroxylation is 1. The van der Waals surface area contributed by atoms with Gasteiger partial charge in [0.1, 0.15) is 11.9 Å². The Labute approximate surface area is 70.3 Å². The minimum atomic E-state index is -0.986. The van der Waals surface area contributed by atoms with Crippen LogP contribution in [0.15, 0.2) is 18.2 Å². The average Bonchev–Trinajstić information content (AvgIpc) is 2.08. The van der Waals surface area contributed by atoms with Crippen LogP contribution in [-0.2, 0) is 0 Å². The van der Waals surface area contributed by atoms with Gasteiger partial charge in [-0.05, 0) is 24.1 Å². The topological polar surface area (TPSA) is 40.5 Å². The minimum absolute atomic E-state index is 0.361. The van der Waals surface area contributed by atoms with E-state index in [1.807, 2.05) is 0 Å². The second kappa shape index (κ2) is 3.65. The van der Waals surface area contributed by atoms with Gasteiger partial charge >= 0.3 is 0 Å². The van der Waals surface area contributed by atoms with Gasteiger partial charge in [0, 0.05) is 0 Å². The molecule has 3 heteroatoms. The van der Waals surface area contributed by atoms with E-state index in [1.165, 1.54) is 6.07 Å². The summed E-state index contributed by atoms with van der Waals surface area (Å²) in [6.45, 7) is 1.26. The molecule has 2 nitrogen and oxygen atoms in total. The number of benzene rings is 1. The van der Waals surface area contributed by atoms with Crippen molar-refractivity contribution in [2.75, 3.05) is 6.61 Å². The van der Waals surface area contributed by atoms with Crippen molar-refractivity contribution in [3.05, 3.63) is 35.1 Å². The molecule has 0 saturated carbocycles. The monoisotopic (exact) mass is 170 g/mol. The predicted octanol–water partition coefficient (Wildman–Crippen LogP) is 1.16. The van der Waals surface area contributed by atoms with Crippen LogP contribution in [0.1, 0.15) is 17.2 Å². The summed E-state index contributed by atoms with van der Waals surface area (Å²) >= 11 is 0. The van der Waals surface area contributed by atoms with Crippen LogP contribution in [0.5, 0.6) is 0 Å². The molecular formula is C9H11FO2. The van der Waals surface area contributed by atoms with E-state index in [1.54, 1.807) is 19.1 Å². The van der Waals surface area contributed by atoms with E-state index in [2.05, 4.69) is 0 Å². The Morgan fingerprint density at radius 2 is 2.17 bits per heavy atom. The van der Waals surface area contributed by atoms with Crippen LogP contribution in [0, 0.1) is 12.7 Å². The van der Waals surface area contributed by atoms with Gasteiger partial charge in [-0.3, -0.25) is 0 Å². The summed E-state index contributed by atoms with van der Waals surface area (Å²) in [7, 11) is 0. The predicted molar refractivity (Wildman–Crippen MR) is 43.2 cm³/mol. The number of halogens is 1. The van der Waals surface area contributed by atoms with Gasteiger partial charge in [0.15, 0.2) is 0 Å². The third kappa shape index (κ3) is 1.81. The maximum Gasteiger partial charge on any atom is 0.126 e. The van der Waals surface area contributed by atoms with Gasteiger partial charge in [0.25, 0.3) is 0 Å². The van der Waals surface area contributed by atoms with E-state index < -0.39 is 6.10 Å². The molecule has 1 rings (SSSR count). The summed E-state index contributed by atoms with van der Waals surface area (Å²) in [5.74, 6) is -0.361. The van der Waals surface area contributed by atoms with E-state index in [4.69, 9.17) is 10.2 Å². The first kappa shape index (κ1) is 9.16. The summed E-state index contributed by atoms with van der Waals surface area (Å²) in [6.07, 6.45) is -0.986. The van der Waals surface area contributed by atoms with Crippen LogP contribution in [0.4, 0.5) is 4.39 Å². The Morgan fingerprint density at radius 3 is 2.67 bits per heavy atom. The van der Waals surface area contributed by atoms with Gasteiger partial charge in [0.05, 0.1) is 6.61 Å². The highest BCUT2D eigenvalue weighted by Crippen LogP contribution is 2.15. The van der Waals surface area contributed by atoms with Crippen molar-refractivity contribution in [3.8, 4) is 0 Å². The lowest BCUT2D eigenvalue weighted by Gasteiger charge is -2.07. The van der Waals surface area contributed by atoms with Crippen LogP contribution in [0.2, 0.25) is 0 Å². The summed E-state index contributed by atoms with van der Waals surface area (Å²) < 4.78 is 12.9. The summed E-state index contributed by atoms with van der Waals surface area (Å²) in [4.78, 5) is 0. The lowest BCUT2D eigenvalue weighted by molar-refractivity contribution is 0.0953. The molecule has 66 valence electrons. The SMILES string of the molecule is Cc1ccc(C(O)CO)cc1F. The van der Waals surface area contributed by atoms with Gasteiger partial charge in [-0.25, -0.2) is 4.39 Å². The highest BCUT2D eigenvalue weighted by atomic mass is 19.1. The third-order valence-electron chi connectivity index (χ3n) is 1.75. The van der Waals surface area contributed by atoms with Crippen LogP contribution in [-0.4, -0.2) is 16.8 Å². The molecule has 0 radical (unpaired) electrons. The molecule has 0 spiro atoms. The molecule has 0 saturated heterocycles. The van der Waals surface area contributed by atoms with E-state index >= 15 is 0 Å². The lowest BCUT2D eigenvalue weighted by atomic mass is 10.1. The van der Waals surface area contributed by atoms with Crippen molar-refractivity contribution in [3.63, 3.8) is 0 Å². The lowest BCUT2D eigenvalue weighted by Crippen LogP contribution is -2.02. The molecular weight excluding hydrogens is 159 g/mol. The normalized spacial score (nSPS) is 13.0. The molecule has 0 aliphatic rings. The van der Waals surface area contributed by atoms with Crippen molar-refractivity contribution in [2.24, 2.45) is 0 Å². The molecule has 0 aromatic heterocycles. The first-order valence-electron chi connectivity index (χ1n) is 3.70. The molecule has 0 aliphatic heterocycles. The van der Waals surface area contributed by atoms with Gasteiger partial charge < -0.3 is 10.2 Å². The van der Waals surface area contributed by atoms with Crippen molar-refractivity contribution in [1.29, 1.82) is 0 Å². The van der Waals surface area contributed by atoms with Crippen molar-refractivity contribution in [1.82, 2.24) is 0 Å². The summed E-state index contributed by atoms with van der Waals surface area (Å²) in [5.41, 5.74) is 0.935. The number of hydrogen-bond acceptors (Lipinski definition) is 2. The van der Waals surface area contributed by atoms with Crippen LogP contribution < -0.4 is 0 Å². The smallest absolute Gasteiger partial charge is 0.126 e. The average molecular weight is 170 g/mol. The fourth-order valence-electron chi connectivity index (χ4n) is 0.922. The fourth-order valence-corrected chi connectivity index (χ4v) is 0.922. The van der Waals surface area contributed by atoms with Crippen molar-refractivity contribution >= 4 is 0 Å². The summed E-state index contributed by atoms with van der Waals surface area (Å²) in [5, 5.41) is 17.7. The van der Waals surface area contributed by atoms with Crippen LogP contribution in [0.25, 0.3) is 0 Å². The zero-order valence-electron chi connectivity index (χ0n) is 6.79. The number of aliphatic hydroxyl groups is 2. The molecule has 1 unspecified atom stereocenters. The van der Waals surface area contributed by atoms with E-state index in [0.717, 1.165) is 0 Å². The Morgan fingerprint density at radius 1 is 1.50 bits per heavy atom. The molecule has 0 amide bonds. The molecule has 0 fully saturated rings. The molecule has 1 aromatic carbocycles.